The lowest BCUT2D eigenvalue weighted by molar-refractivity contribution is 0.0883. The number of nitrogens with one attached hydrogen (secondary N) is 2. The van der Waals surface area contributed by atoms with Gasteiger partial charge >= 0.3 is 6.03 Å². The maximum atomic E-state index is 13.1. The van der Waals surface area contributed by atoms with E-state index in [-0.39, 0.29) is 11.4 Å². The Hall–Kier alpha value is -3.16. The SMILES string of the molecule is CC1(C)C[C@H](O)[C@@H](NC(=O)Nc2c3c(nn2-c2ccccc2)COC3)c2ccccc21. The molecule has 7 heteroatoms. The van der Waals surface area contributed by atoms with E-state index in [2.05, 4.69) is 35.6 Å². The van der Waals surface area contributed by atoms with Crippen molar-refractivity contribution in [1.82, 2.24) is 15.1 Å². The summed E-state index contributed by atoms with van der Waals surface area (Å²) >= 11 is 0. The van der Waals surface area contributed by atoms with Crippen molar-refractivity contribution < 1.29 is 14.6 Å². The zero-order valence-electron chi connectivity index (χ0n) is 17.6. The van der Waals surface area contributed by atoms with Gasteiger partial charge in [0.1, 0.15) is 5.82 Å². The fraction of sp³-hybridized carbons (Fsp3) is 0.333. The third-order valence-corrected chi connectivity index (χ3v) is 6.20. The molecule has 3 aromatic rings. The molecule has 31 heavy (non-hydrogen) atoms. The largest absolute Gasteiger partial charge is 0.391 e. The third kappa shape index (κ3) is 3.49. The van der Waals surface area contributed by atoms with E-state index in [1.807, 2.05) is 48.5 Å². The maximum absolute atomic E-state index is 13.1. The van der Waals surface area contributed by atoms with Gasteiger partial charge in [0.2, 0.25) is 0 Å². The number of anilines is 1. The van der Waals surface area contributed by atoms with Gasteiger partial charge in [-0.15, -0.1) is 0 Å². The Balaban J connectivity index is 1.43. The molecule has 1 aliphatic carbocycles. The standard InChI is InChI=1S/C24H26N4O3/c1-24(2)12-20(29)21(16-10-6-7-11-18(16)24)25-23(30)26-22-17-13-31-14-19(17)27-28(22)15-8-4-3-5-9-15/h3-11,20-21,29H,12-14H2,1-2H3,(H2,25,26,30)/t20-,21-/m0/s1. The second-order valence-electron chi connectivity index (χ2n) is 8.83. The van der Waals surface area contributed by atoms with Gasteiger partial charge in [-0.25, -0.2) is 9.48 Å². The number of carbonyl (C=O) groups is 1. The monoisotopic (exact) mass is 418 g/mol. The Morgan fingerprint density at radius 2 is 1.87 bits per heavy atom. The molecule has 5 rings (SSSR count). The van der Waals surface area contributed by atoms with Crippen molar-refractivity contribution in [3.05, 3.63) is 77.0 Å². The lowest BCUT2D eigenvalue weighted by Gasteiger charge is -2.40. The second kappa shape index (κ2) is 7.51. The van der Waals surface area contributed by atoms with Crippen LogP contribution in [0.1, 0.15) is 48.7 Å². The number of nitrogens with zero attached hydrogens (tertiary/aromatic N) is 2. The third-order valence-electron chi connectivity index (χ3n) is 6.20. The summed E-state index contributed by atoms with van der Waals surface area (Å²) in [4.78, 5) is 13.1. The molecule has 160 valence electrons. The minimum Gasteiger partial charge on any atom is -0.391 e. The number of hydrogen-bond donors (Lipinski definition) is 3. The molecular weight excluding hydrogens is 392 g/mol. The zero-order chi connectivity index (χ0) is 21.6. The molecule has 1 aromatic heterocycles. The number of amides is 2. The van der Waals surface area contributed by atoms with Crippen molar-refractivity contribution in [2.24, 2.45) is 0 Å². The smallest absolute Gasteiger partial charge is 0.320 e. The lowest BCUT2D eigenvalue weighted by atomic mass is 9.70. The van der Waals surface area contributed by atoms with Gasteiger partial charge in [-0.2, -0.15) is 5.10 Å². The summed E-state index contributed by atoms with van der Waals surface area (Å²) in [6.07, 6.45) is -0.108. The van der Waals surface area contributed by atoms with Crippen LogP contribution in [0.2, 0.25) is 0 Å². The molecule has 2 amide bonds. The molecule has 0 saturated carbocycles. The van der Waals surface area contributed by atoms with E-state index < -0.39 is 12.1 Å². The van der Waals surface area contributed by atoms with Crippen LogP contribution in [0.25, 0.3) is 5.69 Å². The Bertz CT molecular complexity index is 1120. The number of aliphatic hydroxyl groups is 1. The summed E-state index contributed by atoms with van der Waals surface area (Å²) in [7, 11) is 0. The van der Waals surface area contributed by atoms with Gasteiger partial charge in [-0.1, -0.05) is 56.3 Å². The average Bonchev–Trinajstić information content (AvgIpc) is 3.34. The summed E-state index contributed by atoms with van der Waals surface area (Å²) in [5, 5.41) is 21.4. The van der Waals surface area contributed by atoms with E-state index in [1.165, 1.54) is 0 Å². The molecular formula is C24H26N4O3. The van der Waals surface area contributed by atoms with Gasteiger partial charge in [0.25, 0.3) is 0 Å². The molecule has 1 aliphatic heterocycles. The number of rotatable bonds is 3. The van der Waals surface area contributed by atoms with Crippen LogP contribution in [0.5, 0.6) is 0 Å². The number of ether oxygens (including phenoxy) is 1. The molecule has 0 fully saturated rings. The van der Waals surface area contributed by atoms with Crippen LogP contribution in [-0.2, 0) is 23.4 Å². The summed E-state index contributed by atoms with van der Waals surface area (Å²) in [5.74, 6) is 0.593. The summed E-state index contributed by atoms with van der Waals surface area (Å²) < 4.78 is 7.25. The number of aliphatic hydroxyl groups excluding tert-OH is 1. The fourth-order valence-electron chi connectivity index (χ4n) is 4.70. The predicted molar refractivity (Wildman–Crippen MR) is 117 cm³/mol. The van der Waals surface area contributed by atoms with Crippen molar-refractivity contribution in [2.45, 2.75) is 51.0 Å². The number of para-hydroxylation sites is 1. The van der Waals surface area contributed by atoms with Crippen LogP contribution in [0.4, 0.5) is 10.6 Å². The Kier molecular flexibility index (Phi) is 4.79. The van der Waals surface area contributed by atoms with E-state index in [4.69, 9.17) is 4.74 Å². The summed E-state index contributed by atoms with van der Waals surface area (Å²) in [6, 6.07) is 16.8. The Morgan fingerprint density at radius 3 is 2.68 bits per heavy atom. The molecule has 0 spiro atoms. The number of urea groups is 1. The maximum Gasteiger partial charge on any atom is 0.320 e. The van der Waals surface area contributed by atoms with Gasteiger partial charge in [-0.3, -0.25) is 5.32 Å². The highest BCUT2D eigenvalue weighted by Gasteiger charge is 2.39. The quantitative estimate of drug-likeness (QED) is 0.604. The zero-order valence-corrected chi connectivity index (χ0v) is 17.6. The lowest BCUT2D eigenvalue weighted by Crippen LogP contribution is -2.45. The molecule has 7 nitrogen and oxygen atoms in total. The first-order valence-electron chi connectivity index (χ1n) is 10.5. The predicted octanol–water partition coefficient (Wildman–Crippen LogP) is 3.81. The highest BCUT2D eigenvalue weighted by Crippen LogP contribution is 2.41. The Labute approximate surface area is 181 Å². The Morgan fingerprint density at radius 1 is 1.13 bits per heavy atom. The molecule has 2 heterocycles. The first kappa shape index (κ1) is 19.8. The number of fused-ring (bicyclic) bond motifs is 2. The first-order valence-corrected chi connectivity index (χ1v) is 10.5. The number of hydrogen-bond acceptors (Lipinski definition) is 4. The molecule has 0 radical (unpaired) electrons. The summed E-state index contributed by atoms with van der Waals surface area (Å²) in [6.45, 7) is 5.07. The first-order chi connectivity index (χ1) is 14.9. The van der Waals surface area contributed by atoms with Gasteiger partial charge in [-0.05, 0) is 35.1 Å². The van der Waals surface area contributed by atoms with Gasteiger partial charge in [0.05, 0.1) is 36.7 Å². The minimum absolute atomic E-state index is 0.158. The highest BCUT2D eigenvalue weighted by atomic mass is 16.5. The molecule has 0 unspecified atom stereocenters. The van der Waals surface area contributed by atoms with Crippen LogP contribution in [0, 0.1) is 0 Å². The molecule has 3 N–H and O–H groups in total. The van der Waals surface area contributed by atoms with E-state index in [0.717, 1.165) is 28.1 Å². The van der Waals surface area contributed by atoms with Gasteiger partial charge in [0, 0.05) is 5.56 Å². The normalized spacial score (nSPS) is 21.3. The topological polar surface area (TPSA) is 88.4 Å². The van der Waals surface area contributed by atoms with Crippen LogP contribution in [-0.4, -0.2) is 27.0 Å². The second-order valence-corrected chi connectivity index (χ2v) is 8.83. The minimum atomic E-state index is -0.677. The molecule has 2 aliphatic rings. The van der Waals surface area contributed by atoms with E-state index in [0.29, 0.717) is 25.5 Å². The van der Waals surface area contributed by atoms with E-state index in [9.17, 15) is 9.90 Å². The molecule has 2 aromatic carbocycles. The van der Waals surface area contributed by atoms with Crippen molar-refractivity contribution in [1.29, 1.82) is 0 Å². The molecule has 0 saturated heterocycles. The van der Waals surface area contributed by atoms with Crippen LogP contribution >= 0.6 is 0 Å². The van der Waals surface area contributed by atoms with Gasteiger partial charge < -0.3 is 15.2 Å². The van der Waals surface area contributed by atoms with Crippen LogP contribution in [0.15, 0.2) is 54.6 Å². The van der Waals surface area contributed by atoms with Crippen molar-refractivity contribution in [3.63, 3.8) is 0 Å². The van der Waals surface area contributed by atoms with E-state index >= 15 is 0 Å². The summed E-state index contributed by atoms with van der Waals surface area (Å²) in [5.41, 5.74) is 4.50. The number of carbonyl (C=O) groups excluding carboxylic acids is 1. The van der Waals surface area contributed by atoms with Crippen molar-refractivity contribution >= 4 is 11.8 Å². The van der Waals surface area contributed by atoms with Crippen molar-refractivity contribution in [2.75, 3.05) is 5.32 Å². The highest BCUT2D eigenvalue weighted by molar-refractivity contribution is 5.90. The number of aromatic nitrogens is 2. The van der Waals surface area contributed by atoms with Crippen LogP contribution < -0.4 is 10.6 Å². The molecule has 0 bridgehead atoms. The molecule has 2 atom stereocenters. The van der Waals surface area contributed by atoms with Crippen molar-refractivity contribution in [3.8, 4) is 5.69 Å². The van der Waals surface area contributed by atoms with Crippen LogP contribution in [0.3, 0.4) is 0 Å². The number of benzene rings is 2. The van der Waals surface area contributed by atoms with E-state index in [1.54, 1.807) is 4.68 Å². The fourth-order valence-corrected chi connectivity index (χ4v) is 4.70. The van der Waals surface area contributed by atoms with Gasteiger partial charge in [0.15, 0.2) is 0 Å². The average molecular weight is 418 g/mol.